The second-order valence-corrected chi connectivity index (χ2v) is 7.10. The molecule has 5 atom stereocenters. The number of fused-ring (bicyclic) bond motifs is 1. The van der Waals surface area contributed by atoms with Gasteiger partial charge in [-0.3, -0.25) is 9.69 Å². The second-order valence-electron chi connectivity index (χ2n) is 7.10. The number of rotatable bonds is 4. The van der Waals surface area contributed by atoms with Crippen LogP contribution in [0.4, 0.5) is 4.39 Å². The van der Waals surface area contributed by atoms with Crippen LogP contribution in [0, 0.1) is 11.7 Å². The lowest BCUT2D eigenvalue weighted by Gasteiger charge is -2.36. The topological polar surface area (TPSA) is 38.8 Å². The molecule has 0 aromatic heterocycles. The Balaban J connectivity index is 1.57. The summed E-state index contributed by atoms with van der Waals surface area (Å²) in [5, 5.41) is 0. The monoisotopic (exact) mass is 319 g/mol. The van der Waals surface area contributed by atoms with Gasteiger partial charge in [-0.15, -0.1) is 0 Å². The Morgan fingerprint density at radius 1 is 1.35 bits per heavy atom. The summed E-state index contributed by atoms with van der Waals surface area (Å²) in [5.41, 5.74) is 1.03. The molecule has 3 aliphatic rings. The van der Waals surface area contributed by atoms with Crippen LogP contribution in [0.25, 0.3) is 0 Å². The summed E-state index contributed by atoms with van der Waals surface area (Å²) in [6.45, 7) is 4.67. The van der Waals surface area contributed by atoms with Crippen LogP contribution in [0.1, 0.15) is 32.3 Å². The third-order valence-corrected chi connectivity index (χ3v) is 5.22. The highest BCUT2D eigenvalue weighted by Gasteiger charge is 2.60. The van der Waals surface area contributed by atoms with Crippen LogP contribution < -0.4 is 0 Å². The van der Waals surface area contributed by atoms with Crippen molar-refractivity contribution in [3.63, 3.8) is 0 Å². The van der Waals surface area contributed by atoms with Crippen LogP contribution in [0.15, 0.2) is 24.3 Å². The number of piperidine rings is 1. The number of halogens is 1. The minimum Gasteiger partial charge on any atom is -0.350 e. The van der Waals surface area contributed by atoms with E-state index in [9.17, 15) is 9.18 Å². The first-order valence-corrected chi connectivity index (χ1v) is 8.37. The number of carbonyl (C=O) groups is 1. The summed E-state index contributed by atoms with van der Waals surface area (Å²) in [6.07, 6.45) is 1.12. The zero-order valence-corrected chi connectivity index (χ0v) is 13.4. The van der Waals surface area contributed by atoms with Gasteiger partial charge in [0, 0.05) is 24.9 Å². The Labute approximate surface area is 135 Å². The molecule has 4 nitrogen and oxygen atoms in total. The standard InChI is InChI=1S/C18H22FNO3/c1-10(2)22-18-13-7-14-15(21)8-16(23-18)17(13)20(14)9-11-3-5-12(19)6-4-11/h3-6,10,13-14,16-18H,7-9H2,1-2H3/t13-,14-,16?,17+,18-/m1/s1. The zero-order valence-electron chi connectivity index (χ0n) is 13.4. The lowest BCUT2D eigenvalue weighted by atomic mass is 9.96. The first kappa shape index (κ1) is 15.2. The van der Waals surface area contributed by atoms with Gasteiger partial charge in [0.05, 0.1) is 18.2 Å². The minimum atomic E-state index is -0.236. The summed E-state index contributed by atoms with van der Waals surface area (Å²) in [4.78, 5) is 14.7. The van der Waals surface area contributed by atoms with Crippen molar-refractivity contribution in [2.45, 2.75) is 63.8 Å². The van der Waals surface area contributed by atoms with Gasteiger partial charge in [0.1, 0.15) is 5.82 Å². The molecule has 3 heterocycles. The lowest BCUT2D eigenvalue weighted by molar-refractivity contribution is -0.180. The van der Waals surface area contributed by atoms with E-state index in [-0.39, 0.29) is 48.1 Å². The van der Waals surface area contributed by atoms with Crippen LogP contribution in [-0.4, -0.2) is 41.3 Å². The smallest absolute Gasteiger partial charge is 0.162 e. The van der Waals surface area contributed by atoms with Crippen molar-refractivity contribution in [1.82, 2.24) is 4.90 Å². The van der Waals surface area contributed by atoms with Gasteiger partial charge in [-0.25, -0.2) is 4.39 Å². The highest BCUT2D eigenvalue weighted by Crippen LogP contribution is 2.48. The summed E-state index contributed by atoms with van der Waals surface area (Å²) < 4.78 is 25.1. The summed E-state index contributed by atoms with van der Waals surface area (Å²) >= 11 is 0. The largest absolute Gasteiger partial charge is 0.350 e. The minimum absolute atomic E-state index is 0.0477. The van der Waals surface area contributed by atoms with Crippen LogP contribution in [0.3, 0.4) is 0 Å². The van der Waals surface area contributed by atoms with E-state index in [1.165, 1.54) is 12.1 Å². The molecule has 1 unspecified atom stereocenters. The van der Waals surface area contributed by atoms with E-state index in [4.69, 9.17) is 9.47 Å². The Bertz CT molecular complexity index is 603. The van der Waals surface area contributed by atoms with E-state index in [1.54, 1.807) is 12.1 Å². The fourth-order valence-corrected chi connectivity index (χ4v) is 4.34. The number of nitrogens with zero attached hydrogens (tertiary/aromatic N) is 1. The average molecular weight is 319 g/mol. The van der Waals surface area contributed by atoms with Crippen molar-refractivity contribution in [2.75, 3.05) is 0 Å². The van der Waals surface area contributed by atoms with Gasteiger partial charge in [-0.1, -0.05) is 12.1 Å². The Kier molecular flexibility index (Phi) is 3.75. The molecule has 4 rings (SSSR count). The van der Waals surface area contributed by atoms with Crippen molar-refractivity contribution in [1.29, 1.82) is 0 Å². The Morgan fingerprint density at radius 2 is 2.09 bits per heavy atom. The molecule has 0 N–H and O–H groups in total. The maximum absolute atomic E-state index is 13.1. The highest BCUT2D eigenvalue weighted by atomic mass is 19.1. The van der Waals surface area contributed by atoms with Crippen molar-refractivity contribution in [3.8, 4) is 0 Å². The highest BCUT2D eigenvalue weighted by molar-refractivity contribution is 5.86. The van der Waals surface area contributed by atoms with E-state index in [1.807, 2.05) is 13.8 Å². The van der Waals surface area contributed by atoms with Gasteiger partial charge in [-0.05, 0) is 38.0 Å². The molecule has 2 bridgehead atoms. The molecule has 1 aromatic carbocycles. The predicted molar refractivity (Wildman–Crippen MR) is 82.1 cm³/mol. The Morgan fingerprint density at radius 3 is 2.78 bits per heavy atom. The van der Waals surface area contributed by atoms with Crippen molar-refractivity contribution in [3.05, 3.63) is 35.6 Å². The maximum atomic E-state index is 13.1. The number of ketones is 1. The molecule has 5 heteroatoms. The molecule has 1 aromatic rings. The number of ether oxygens (including phenoxy) is 2. The fourth-order valence-electron chi connectivity index (χ4n) is 4.34. The van der Waals surface area contributed by atoms with Crippen LogP contribution in [-0.2, 0) is 20.8 Å². The summed E-state index contributed by atoms with van der Waals surface area (Å²) in [6, 6.07) is 6.70. The molecule has 124 valence electrons. The zero-order chi connectivity index (χ0) is 16.1. The van der Waals surface area contributed by atoms with Crippen LogP contribution >= 0.6 is 0 Å². The molecule has 0 amide bonds. The third kappa shape index (κ3) is 2.61. The van der Waals surface area contributed by atoms with E-state index in [2.05, 4.69) is 4.90 Å². The van der Waals surface area contributed by atoms with Crippen LogP contribution in [0.2, 0.25) is 0 Å². The van der Waals surface area contributed by atoms with E-state index >= 15 is 0 Å². The Hall–Kier alpha value is -1.30. The quantitative estimate of drug-likeness (QED) is 0.855. The van der Waals surface area contributed by atoms with Crippen molar-refractivity contribution >= 4 is 5.78 Å². The van der Waals surface area contributed by atoms with Gasteiger partial charge in [-0.2, -0.15) is 0 Å². The van der Waals surface area contributed by atoms with Gasteiger partial charge >= 0.3 is 0 Å². The number of carbonyl (C=O) groups excluding carboxylic acids is 1. The van der Waals surface area contributed by atoms with Crippen molar-refractivity contribution < 1.29 is 18.7 Å². The fraction of sp³-hybridized carbons (Fsp3) is 0.611. The maximum Gasteiger partial charge on any atom is 0.162 e. The number of benzene rings is 1. The summed E-state index contributed by atoms with van der Waals surface area (Å²) in [7, 11) is 0. The van der Waals surface area contributed by atoms with Gasteiger partial charge in [0.2, 0.25) is 0 Å². The third-order valence-electron chi connectivity index (χ3n) is 5.22. The normalized spacial score (nSPS) is 36.2. The molecule has 0 radical (unpaired) electrons. The molecular formula is C18H22FNO3. The average Bonchev–Trinajstić information content (AvgIpc) is 2.96. The van der Waals surface area contributed by atoms with Gasteiger partial charge < -0.3 is 9.47 Å². The van der Waals surface area contributed by atoms with Gasteiger partial charge in [0.15, 0.2) is 12.1 Å². The first-order chi connectivity index (χ1) is 11.0. The summed E-state index contributed by atoms with van der Waals surface area (Å²) in [5.74, 6) is 0.276. The predicted octanol–water partition coefficient (Wildman–Crippen LogP) is 2.51. The SMILES string of the molecule is CC(C)O[C@@H]1OC2CC(=O)[C@H]3C[C@@H]1[C@@H]2N3Cc1ccc(F)cc1. The van der Waals surface area contributed by atoms with E-state index in [0.717, 1.165) is 12.0 Å². The number of hydrogen-bond donors (Lipinski definition) is 0. The van der Waals surface area contributed by atoms with E-state index in [0.29, 0.717) is 13.0 Å². The van der Waals surface area contributed by atoms with Crippen molar-refractivity contribution in [2.24, 2.45) is 5.92 Å². The van der Waals surface area contributed by atoms with E-state index < -0.39 is 0 Å². The molecule has 0 aliphatic carbocycles. The molecule has 3 saturated heterocycles. The molecule has 0 spiro atoms. The lowest BCUT2D eigenvalue weighted by Crippen LogP contribution is -2.51. The molecular weight excluding hydrogens is 297 g/mol. The number of Topliss-reactive ketones (excluding diaryl/α,β-unsaturated/α-hetero) is 1. The first-order valence-electron chi connectivity index (χ1n) is 8.37. The molecule has 23 heavy (non-hydrogen) atoms. The molecule has 0 saturated carbocycles. The molecule has 3 aliphatic heterocycles. The molecule has 3 fully saturated rings. The van der Waals surface area contributed by atoms with Gasteiger partial charge in [0.25, 0.3) is 0 Å². The second kappa shape index (κ2) is 5.65. The number of hydrogen-bond acceptors (Lipinski definition) is 4. The van der Waals surface area contributed by atoms with Crippen LogP contribution in [0.5, 0.6) is 0 Å².